The zero-order valence-corrected chi connectivity index (χ0v) is 15.7. The number of para-hydroxylation sites is 2. The number of nitro benzene ring substituents is 1. The number of morpholine rings is 1. The first-order valence-electron chi connectivity index (χ1n) is 9.06. The third-order valence-electron chi connectivity index (χ3n) is 4.57. The summed E-state index contributed by atoms with van der Waals surface area (Å²) in [5.41, 5.74) is 1.98. The van der Waals surface area contributed by atoms with Gasteiger partial charge in [-0.25, -0.2) is 0 Å². The number of carbonyl (C=O) groups excluding carboxylic acids is 1. The van der Waals surface area contributed by atoms with E-state index in [1.165, 1.54) is 12.1 Å². The molecule has 8 nitrogen and oxygen atoms in total. The second-order valence-electron chi connectivity index (χ2n) is 6.53. The van der Waals surface area contributed by atoms with Crippen LogP contribution in [-0.4, -0.2) is 55.7 Å². The molecule has 28 heavy (non-hydrogen) atoms. The predicted octanol–water partition coefficient (Wildman–Crippen LogP) is 2.47. The largest absolute Gasteiger partial charge is 0.477 e. The van der Waals surface area contributed by atoms with Crippen molar-refractivity contribution in [3.63, 3.8) is 0 Å². The summed E-state index contributed by atoms with van der Waals surface area (Å²) >= 11 is 0. The number of amides is 1. The Kier molecular flexibility index (Phi) is 6.44. The van der Waals surface area contributed by atoms with Crippen LogP contribution in [0.25, 0.3) is 0 Å². The number of anilines is 1. The standard InChI is InChI=1S/C20H23N3O5/c1-21(20(24)15-28-19-5-3-2-4-18(19)23(25)26)14-16-6-8-17(9-7-16)22-10-12-27-13-11-22/h2-9H,10-15H2,1H3. The van der Waals surface area contributed by atoms with Gasteiger partial charge in [0.1, 0.15) is 0 Å². The zero-order valence-electron chi connectivity index (χ0n) is 15.7. The van der Waals surface area contributed by atoms with Gasteiger partial charge in [-0.1, -0.05) is 24.3 Å². The molecule has 2 aromatic rings. The van der Waals surface area contributed by atoms with Crippen LogP contribution in [0.3, 0.4) is 0 Å². The molecule has 1 fully saturated rings. The highest BCUT2D eigenvalue weighted by Gasteiger charge is 2.17. The van der Waals surface area contributed by atoms with Gasteiger partial charge < -0.3 is 19.3 Å². The van der Waals surface area contributed by atoms with Crippen LogP contribution in [0.1, 0.15) is 5.56 Å². The van der Waals surface area contributed by atoms with E-state index in [4.69, 9.17) is 9.47 Å². The Morgan fingerprint density at radius 1 is 1.18 bits per heavy atom. The van der Waals surface area contributed by atoms with Gasteiger partial charge in [-0.05, 0) is 23.8 Å². The Hall–Kier alpha value is -3.13. The van der Waals surface area contributed by atoms with Crippen molar-refractivity contribution < 1.29 is 19.2 Å². The molecular formula is C20H23N3O5. The minimum absolute atomic E-state index is 0.0871. The van der Waals surface area contributed by atoms with Gasteiger partial charge in [-0.2, -0.15) is 0 Å². The molecule has 0 aromatic heterocycles. The highest BCUT2D eigenvalue weighted by atomic mass is 16.6. The third-order valence-corrected chi connectivity index (χ3v) is 4.57. The van der Waals surface area contributed by atoms with Gasteiger partial charge in [-0.3, -0.25) is 14.9 Å². The van der Waals surface area contributed by atoms with E-state index in [9.17, 15) is 14.9 Å². The second kappa shape index (κ2) is 9.18. The van der Waals surface area contributed by atoms with Gasteiger partial charge in [-0.15, -0.1) is 0 Å². The quantitative estimate of drug-likeness (QED) is 0.538. The van der Waals surface area contributed by atoms with Crippen LogP contribution < -0.4 is 9.64 Å². The summed E-state index contributed by atoms with van der Waals surface area (Å²) in [5, 5.41) is 11.0. The second-order valence-corrected chi connectivity index (χ2v) is 6.53. The van der Waals surface area contributed by atoms with Crippen molar-refractivity contribution in [1.29, 1.82) is 0 Å². The minimum Gasteiger partial charge on any atom is -0.477 e. The van der Waals surface area contributed by atoms with Crippen LogP contribution in [-0.2, 0) is 16.1 Å². The number of hydrogen-bond acceptors (Lipinski definition) is 6. The Morgan fingerprint density at radius 2 is 1.86 bits per heavy atom. The zero-order chi connectivity index (χ0) is 19.9. The van der Waals surface area contributed by atoms with E-state index >= 15 is 0 Å². The van der Waals surface area contributed by atoms with Gasteiger partial charge in [0.25, 0.3) is 5.91 Å². The van der Waals surface area contributed by atoms with Gasteiger partial charge >= 0.3 is 5.69 Å². The molecule has 8 heteroatoms. The monoisotopic (exact) mass is 385 g/mol. The molecule has 2 aromatic carbocycles. The molecule has 0 unspecified atom stereocenters. The van der Waals surface area contributed by atoms with Crippen LogP contribution in [0, 0.1) is 10.1 Å². The van der Waals surface area contributed by atoms with Gasteiger partial charge in [0.15, 0.2) is 12.4 Å². The molecule has 0 saturated carbocycles. The summed E-state index contributed by atoms with van der Waals surface area (Å²) in [5.74, 6) is -0.167. The fourth-order valence-electron chi connectivity index (χ4n) is 2.98. The first kappa shape index (κ1) is 19.6. The fourth-order valence-corrected chi connectivity index (χ4v) is 2.98. The number of rotatable bonds is 7. The molecule has 0 N–H and O–H groups in total. The molecule has 0 radical (unpaired) electrons. The van der Waals surface area contributed by atoms with Crippen LogP contribution >= 0.6 is 0 Å². The smallest absolute Gasteiger partial charge is 0.310 e. The third kappa shape index (κ3) is 4.98. The first-order chi connectivity index (χ1) is 13.5. The maximum atomic E-state index is 12.3. The number of nitrogens with zero attached hydrogens (tertiary/aromatic N) is 3. The molecular weight excluding hydrogens is 362 g/mol. The Labute approximate surface area is 163 Å². The summed E-state index contributed by atoms with van der Waals surface area (Å²) in [6.45, 7) is 3.40. The van der Waals surface area contributed by atoms with E-state index in [0.29, 0.717) is 6.54 Å². The summed E-state index contributed by atoms with van der Waals surface area (Å²) in [6.07, 6.45) is 0. The number of ether oxygens (including phenoxy) is 2. The average Bonchev–Trinajstić information content (AvgIpc) is 2.73. The van der Waals surface area contributed by atoms with Gasteiger partial charge in [0.2, 0.25) is 0 Å². The Bertz CT molecular complexity index is 819. The van der Waals surface area contributed by atoms with Gasteiger partial charge in [0.05, 0.1) is 18.1 Å². The first-order valence-corrected chi connectivity index (χ1v) is 9.06. The SMILES string of the molecule is CN(Cc1ccc(N2CCOCC2)cc1)C(=O)COc1ccccc1[N+](=O)[O-]. The molecule has 1 aliphatic rings. The number of hydrogen-bond donors (Lipinski definition) is 0. The Balaban J connectivity index is 1.53. The van der Waals surface area contributed by atoms with Crippen LogP contribution in [0.2, 0.25) is 0 Å². The van der Waals surface area contributed by atoms with E-state index in [2.05, 4.69) is 4.90 Å². The fraction of sp³-hybridized carbons (Fsp3) is 0.350. The van der Waals surface area contributed by atoms with E-state index < -0.39 is 4.92 Å². The lowest BCUT2D eigenvalue weighted by Gasteiger charge is -2.29. The van der Waals surface area contributed by atoms with Crippen molar-refractivity contribution in [2.45, 2.75) is 6.54 Å². The van der Waals surface area contributed by atoms with Crippen molar-refractivity contribution in [3.05, 3.63) is 64.2 Å². The average molecular weight is 385 g/mol. The van der Waals surface area contributed by atoms with Crippen molar-refractivity contribution in [1.82, 2.24) is 4.90 Å². The lowest BCUT2D eigenvalue weighted by Crippen LogP contribution is -2.36. The summed E-state index contributed by atoms with van der Waals surface area (Å²) in [4.78, 5) is 26.6. The highest BCUT2D eigenvalue weighted by molar-refractivity contribution is 5.77. The van der Waals surface area contributed by atoms with Crippen molar-refractivity contribution in [2.24, 2.45) is 0 Å². The van der Waals surface area contributed by atoms with E-state index in [1.54, 1.807) is 24.1 Å². The number of benzene rings is 2. The van der Waals surface area contributed by atoms with Gasteiger partial charge in [0, 0.05) is 38.4 Å². The normalized spacial score (nSPS) is 13.8. The van der Waals surface area contributed by atoms with Crippen LogP contribution in [0.4, 0.5) is 11.4 Å². The van der Waals surface area contributed by atoms with Crippen LogP contribution in [0.5, 0.6) is 5.75 Å². The lowest BCUT2D eigenvalue weighted by molar-refractivity contribution is -0.385. The predicted molar refractivity (Wildman–Crippen MR) is 105 cm³/mol. The molecule has 0 bridgehead atoms. The highest BCUT2D eigenvalue weighted by Crippen LogP contribution is 2.25. The maximum Gasteiger partial charge on any atom is 0.310 e. The molecule has 1 amide bonds. The molecule has 148 valence electrons. The summed E-state index contributed by atoms with van der Waals surface area (Å²) < 4.78 is 10.7. The molecule has 0 spiro atoms. The molecule has 1 aliphatic heterocycles. The topological polar surface area (TPSA) is 85.2 Å². The lowest BCUT2D eigenvalue weighted by atomic mass is 10.1. The van der Waals surface area contributed by atoms with Crippen LogP contribution in [0.15, 0.2) is 48.5 Å². The van der Waals surface area contributed by atoms with E-state index in [1.807, 2.05) is 24.3 Å². The van der Waals surface area contributed by atoms with Crippen molar-refractivity contribution >= 4 is 17.3 Å². The maximum absolute atomic E-state index is 12.3. The molecule has 3 rings (SSSR count). The molecule has 1 heterocycles. The van der Waals surface area contributed by atoms with Crippen molar-refractivity contribution in [3.8, 4) is 5.75 Å². The molecule has 0 atom stereocenters. The van der Waals surface area contributed by atoms with E-state index in [-0.39, 0.29) is 24.0 Å². The molecule has 0 aliphatic carbocycles. The summed E-state index contributed by atoms with van der Waals surface area (Å²) in [7, 11) is 1.68. The minimum atomic E-state index is -0.528. The number of likely N-dealkylation sites (N-methyl/N-ethyl adjacent to an activating group) is 1. The molecule has 1 saturated heterocycles. The number of carbonyl (C=O) groups is 1. The Morgan fingerprint density at radius 3 is 2.54 bits per heavy atom. The summed E-state index contributed by atoms with van der Waals surface area (Å²) in [6, 6.07) is 14.1. The van der Waals surface area contributed by atoms with Crippen molar-refractivity contribution in [2.75, 3.05) is 44.9 Å². The van der Waals surface area contributed by atoms with E-state index in [0.717, 1.165) is 37.6 Å². The number of nitro groups is 1.